The molecule has 0 aliphatic carbocycles. The number of carbonyl (C=O) groups is 2. The second kappa shape index (κ2) is 38.1. The lowest BCUT2D eigenvalue weighted by atomic mass is 10.1. The molecule has 1 aromatic carbocycles. The highest BCUT2D eigenvalue weighted by molar-refractivity contribution is 5.81. The Morgan fingerprint density at radius 2 is 1.09 bits per heavy atom. The molecule has 0 heterocycles. The van der Waals surface area contributed by atoms with Crippen molar-refractivity contribution in [3.05, 3.63) is 35.9 Å². The van der Waals surface area contributed by atoms with Crippen LogP contribution in [0.15, 0.2) is 30.3 Å². The molecule has 0 aliphatic heterocycles. The van der Waals surface area contributed by atoms with Crippen molar-refractivity contribution < 1.29 is 24.2 Å². The number of benzene rings is 1. The molecule has 0 aliphatic rings. The van der Waals surface area contributed by atoms with E-state index in [0.717, 1.165) is 31.4 Å². The average molecular weight is 746 g/mol. The van der Waals surface area contributed by atoms with Gasteiger partial charge in [0, 0.05) is 32.8 Å². The van der Waals surface area contributed by atoms with E-state index in [1.54, 1.807) is 0 Å². The molecule has 0 radical (unpaired) electrons. The minimum atomic E-state index is -1.02. The summed E-state index contributed by atoms with van der Waals surface area (Å²) in [6.07, 6.45) is 32.4. The Hall–Kier alpha value is -2.16. The standard InChI is InChI=1S/C45H83N3O5/c1-3-5-7-9-11-13-15-17-19-21-23-30-36-52-40-42(53-37-31-24-22-20-18-16-14-12-10-8-6-4-2)39-48-44(49)43(34-28-29-35-46-45(50)51)47-38-41-32-26-25-27-33-41/h25-27,32-33,42-43,46-47H,3-24,28-31,34-40H2,1-2H3,(H,48,49)(H,50,51). The predicted octanol–water partition coefficient (Wildman–Crippen LogP) is 11.5. The van der Waals surface area contributed by atoms with Crippen LogP contribution in [-0.4, -0.2) is 62.2 Å². The van der Waals surface area contributed by atoms with Gasteiger partial charge in [-0.05, 0) is 37.7 Å². The first-order valence-electron chi connectivity index (χ1n) is 22.3. The van der Waals surface area contributed by atoms with Gasteiger partial charge in [-0.1, -0.05) is 185 Å². The van der Waals surface area contributed by atoms with Gasteiger partial charge >= 0.3 is 6.09 Å². The maximum absolute atomic E-state index is 13.5. The second-order valence-electron chi connectivity index (χ2n) is 15.2. The Bertz CT molecular complexity index is 934. The highest BCUT2D eigenvalue weighted by Crippen LogP contribution is 2.14. The molecule has 0 spiro atoms. The maximum Gasteiger partial charge on any atom is 0.404 e. The van der Waals surface area contributed by atoms with Crippen molar-refractivity contribution in [1.82, 2.24) is 16.0 Å². The summed E-state index contributed by atoms with van der Waals surface area (Å²) < 4.78 is 12.4. The molecular formula is C45H83N3O5. The van der Waals surface area contributed by atoms with Crippen LogP contribution < -0.4 is 16.0 Å². The summed E-state index contributed by atoms with van der Waals surface area (Å²) in [5.74, 6) is -0.0490. The molecule has 0 fully saturated rings. The van der Waals surface area contributed by atoms with Crippen LogP contribution in [0, 0.1) is 0 Å². The van der Waals surface area contributed by atoms with E-state index in [1.165, 1.54) is 141 Å². The van der Waals surface area contributed by atoms with Crippen LogP contribution in [0.1, 0.15) is 193 Å². The van der Waals surface area contributed by atoms with Crippen LogP contribution in [0.2, 0.25) is 0 Å². The molecule has 308 valence electrons. The number of hydrogen-bond donors (Lipinski definition) is 4. The highest BCUT2D eigenvalue weighted by atomic mass is 16.5. The third-order valence-electron chi connectivity index (χ3n) is 10.2. The van der Waals surface area contributed by atoms with Crippen LogP contribution in [0.4, 0.5) is 4.79 Å². The number of ether oxygens (including phenoxy) is 2. The SMILES string of the molecule is CCCCCCCCCCCCCCOCC(CNC(=O)C(CCCCNC(=O)O)NCc1ccccc1)OCCCCCCCCCCCCCC. The van der Waals surface area contributed by atoms with Crippen molar-refractivity contribution in [3.63, 3.8) is 0 Å². The number of amides is 2. The van der Waals surface area contributed by atoms with E-state index in [2.05, 4.69) is 29.8 Å². The molecule has 2 amide bonds. The van der Waals surface area contributed by atoms with Crippen molar-refractivity contribution in [2.45, 2.75) is 206 Å². The zero-order chi connectivity index (χ0) is 38.3. The first kappa shape index (κ1) is 48.9. The largest absolute Gasteiger partial charge is 0.465 e. The average Bonchev–Trinajstić information content (AvgIpc) is 3.16. The second-order valence-corrected chi connectivity index (χ2v) is 15.2. The summed E-state index contributed by atoms with van der Waals surface area (Å²) in [4.78, 5) is 24.3. The van der Waals surface area contributed by atoms with E-state index < -0.39 is 6.09 Å². The number of rotatable bonds is 40. The van der Waals surface area contributed by atoms with Crippen LogP contribution in [0.25, 0.3) is 0 Å². The van der Waals surface area contributed by atoms with Crippen molar-refractivity contribution in [2.24, 2.45) is 0 Å². The Morgan fingerprint density at radius 3 is 1.60 bits per heavy atom. The van der Waals surface area contributed by atoms with Crippen molar-refractivity contribution in [1.29, 1.82) is 0 Å². The number of carbonyl (C=O) groups excluding carboxylic acids is 1. The quantitative estimate of drug-likeness (QED) is 0.0498. The van der Waals surface area contributed by atoms with Gasteiger partial charge in [0.1, 0.15) is 0 Å². The normalized spacial score (nSPS) is 12.5. The Balaban J connectivity index is 2.46. The fraction of sp³-hybridized carbons (Fsp3) is 0.822. The minimum Gasteiger partial charge on any atom is -0.465 e. The van der Waals surface area contributed by atoms with Gasteiger partial charge in [0.2, 0.25) is 5.91 Å². The summed E-state index contributed by atoms with van der Waals surface area (Å²) in [5.41, 5.74) is 1.12. The molecule has 0 aromatic heterocycles. The lowest BCUT2D eigenvalue weighted by Crippen LogP contribution is -2.47. The number of hydrogen-bond acceptors (Lipinski definition) is 5. The van der Waals surface area contributed by atoms with E-state index in [1.807, 2.05) is 30.3 Å². The molecule has 0 saturated heterocycles. The van der Waals surface area contributed by atoms with E-state index in [-0.39, 0.29) is 18.1 Å². The predicted molar refractivity (Wildman–Crippen MR) is 223 cm³/mol. The fourth-order valence-electron chi connectivity index (χ4n) is 6.79. The van der Waals surface area contributed by atoms with Crippen LogP contribution in [0.5, 0.6) is 0 Å². The summed E-state index contributed by atoms with van der Waals surface area (Å²) in [6.45, 7) is 7.84. The topological polar surface area (TPSA) is 109 Å². The Kier molecular flexibility index (Phi) is 35.1. The van der Waals surface area contributed by atoms with Gasteiger partial charge in [-0.2, -0.15) is 0 Å². The van der Waals surface area contributed by atoms with Crippen molar-refractivity contribution >= 4 is 12.0 Å². The van der Waals surface area contributed by atoms with Crippen molar-refractivity contribution in [3.8, 4) is 0 Å². The molecule has 0 saturated carbocycles. The third-order valence-corrected chi connectivity index (χ3v) is 10.2. The van der Waals surface area contributed by atoms with Crippen molar-refractivity contribution in [2.75, 3.05) is 32.9 Å². The van der Waals surface area contributed by atoms with Gasteiger partial charge in [0.15, 0.2) is 0 Å². The van der Waals surface area contributed by atoms with Gasteiger partial charge in [0.25, 0.3) is 0 Å². The monoisotopic (exact) mass is 746 g/mol. The van der Waals surface area contributed by atoms with Gasteiger partial charge in [0.05, 0.1) is 18.8 Å². The van der Waals surface area contributed by atoms with Gasteiger partial charge in [-0.3, -0.25) is 4.79 Å². The summed E-state index contributed by atoms with van der Waals surface area (Å²) in [6, 6.07) is 9.70. The molecule has 2 unspecified atom stereocenters. The van der Waals surface area contributed by atoms with Gasteiger partial charge in [-0.25, -0.2) is 4.79 Å². The smallest absolute Gasteiger partial charge is 0.404 e. The Morgan fingerprint density at radius 1 is 0.604 bits per heavy atom. The minimum absolute atomic E-state index is 0.0490. The van der Waals surface area contributed by atoms with E-state index in [9.17, 15) is 9.59 Å². The third kappa shape index (κ3) is 32.9. The first-order valence-corrected chi connectivity index (χ1v) is 22.3. The molecule has 1 aromatic rings. The van der Waals surface area contributed by atoms with Gasteiger partial charge < -0.3 is 30.5 Å². The lowest BCUT2D eigenvalue weighted by Gasteiger charge is -2.22. The molecule has 0 bridgehead atoms. The summed E-state index contributed by atoms with van der Waals surface area (Å²) in [7, 11) is 0. The molecule has 8 nitrogen and oxygen atoms in total. The maximum atomic E-state index is 13.5. The van der Waals surface area contributed by atoms with Crippen LogP contribution in [-0.2, 0) is 20.8 Å². The molecule has 53 heavy (non-hydrogen) atoms. The molecular weight excluding hydrogens is 663 g/mol. The fourth-order valence-corrected chi connectivity index (χ4v) is 6.79. The highest BCUT2D eigenvalue weighted by Gasteiger charge is 2.20. The van der Waals surface area contributed by atoms with Gasteiger partial charge in [-0.15, -0.1) is 0 Å². The molecule has 2 atom stereocenters. The molecule has 4 N–H and O–H groups in total. The van der Waals surface area contributed by atoms with E-state index >= 15 is 0 Å². The number of unbranched alkanes of at least 4 members (excludes halogenated alkanes) is 23. The summed E-state index contributed by atoms with van der Waals surface area (Å²) in [5, 5.41) is 17.9. The van der Waals surface area contributed by atoms with E-state index in [4.69, 9.17) is 14.6 Å². The van der Waals surface area contributed by atoms with Crippen LogP contribution in [0.3, 0.4) is 0 Å². The molecule has 8 heteroatoms. The first-order chi connectivity index (χ1) is 26.1. The molecule has 1 rings (SSSR count). The number of nitrogens with one attached hydrogen (secondary N) is 3. The van der Waals surface area contributed by atoms with E-state index in [0.29, 0.717) is 45.7 Å². The van der Waals surface area contributed by atoms with Crippen LogP contribution >= 0.6 is 0 Å². The lowest BCUT2D eigenvalue weighted by molar-refractivity contribution is -0.124. The zero-order valence-electron chi connectivity index (χ0n) is 34.5. The summed E-state index contributed by atoms with van der Waals surface area (Å²) >= 11 is 0. The number of carboxylic acid groups (broad SMARTS) is 1. The Labute approximate surface area is 326 Å². The zero-order valence-corrected chi connectivity index (χ0v) is 34.5.